The van der Waals surface area contributed by atoms with Crippen LogP contribution in [0, 0.1) is 11.8 Å². The van der Waals surface area contributed by atoms with Crippen molar-refractivity contribution < 1.29 is 9.53 Å². The molecular formula is C16H22N2O2. The third-order valence-electron chi connectivity index (χ3n) is 4.32. The van der Waals surface area contributed by atoms with Gasteiger partial charge < -0.3 is 15.0 Å². The monoisotopic (exact) mass is 274 g/mol. The van der Waals surface area contributed by atoms with E-state index in [2.05, 4.69) is 11.4 Å². The van der Waals surface area contributed by atoms with Gasteiger partial charge in [-0.25, -0.2) is 0 Å². The van der Waals surface area contributed by atoms with Crippen LogP contribution in [0.2, 0.25) is 0 Å². The number of fused-ring (bicyclic) bond motifs is 1. The first-order chi connectivity index (χ1) is 9.78. The summed E-state index contributed by atoms with van der Waals surface area (Å²) in [5.74, 6) is 1.78. The van der Waals surface area contributed by atoms with Gasteiger partial charge in [0.1, 0.15) is 12.4 Å². The molecule has 2 atom stereocenters. The largest absolute Gasteiger partial charge is 0.492 e. The molecule has 1 aromatic rings. The van der Waals surface area contributed by atoms with E-state index < -0.39 is 0 Å². The molecule has 20 heavy (non-hydrogen) atoms. The van der Waals surface area contributed by atoms with Crippen molar-refractivity contribution in [1.82, 2.24) is 10.2 Å². The summed E-state index contributed by atoms with van der Waals surface area (Å²) in [6.07, 6.45) is 1.92. The molecule has 4 heteroatoms. The molecule has 1 aromatic carbocycles. The number of carbonyl (C=O) groups excluding carboxylic acids is 1. The molecule has 1 fully saturated rings. The van der Waals surface area contributed by atoms with Gasteiger partial charge in [0.05, 0.1) is 5.92 Å². The van der Waals surface area contributed by atoms with Crippen molar-refractivity contribution in [2.24, 2.45) is 11.8 Å². The number of likely N-dealkylation sites (tertiary alicyclic amines) is 1. The molecule has 1 amide bonds. The molecule has 0 bridgehead atoms. The Labute approximate surface area is 120 Å². The number of rotatable bonds is 3. The first-order valence-corrected chi connectivity index (χ1v) is 7.42. The van der Waals surface area contributed by atoms with Gasteiger partial charge in [-0.3, -0.25) is 4.79 Å². The molecule has 0 saturated carbocycles. The predicted octanol–water partition coefficient (Wildman–Crippen LogP) is 1.31. The minimum Gasteiger partial charge on any atom is -0.492 e. The molecular weight excluding hydrogens is 252 g/mol. The Kier molecular flexibility index (Phi) is 3.92. The van der Waals surface area contributed by atoms with Gasteiger partial charge >= 0.3 is 0 Å². The zero-order valence-electron chi connectivity index (χ0n) is 12.0. The number of hydrogen-bond acceptors (Lipinski definition) is 3. The summed E-state index contributed by atoms with van der Waals surface area (Å²) < 4.78 is 5.73. The Balaban J connectivity index is 1.62. The molecule has 0 aliphatic carbocycles. The van der Waals surface area contributed by atoms with E-state index in [0.29, 0.717) is 12.5 Å². The minimum atomic E-state index is -0.0155. The van der Waals surface area contributed by atoms with Crippen molar-refractivity contribution in [2.75, 3.05) is 33.3 Å². The lowest BCUT2D eigenvalue weighted by Crippen LogP contribution is -2.40. The van der Waals surface area contributed by atoms with E-state index in [1.807, 2.05) is 30.1 Å². The predicted molar refractivity (Wildman–Crippen MR) is 77.7 cm³/mol. The molecule has 1 N–H and O–H groups in total. The van der Waals surface area contributed by atoms with Gasteiger partial charge in [-0.15, -0.1) is 0 Å². The zero-order chi connectivity index (χ0) is 13.9. The van der Waals surface area contributed by atoms with Crippen LogP contribution in [-0.2, 0) is 11.2 Å². The van der Waals surface area contributed by atoms with Crippen molar-refractivity contribution in [3.63, 3.8) is 0 Å². The number of carbonyl (C=O) groups is 1. The van der Waals surface area contributed by atoms with Gasteiger partial charge in [0, 0.05) is 13.1 Å². The van der Waals surface area contributed by atoms with Crippen molar-refractivity contribution in [3.8, 4) is 5.75 Å². The van der Waals surface area contributed by atoms with Crippen LogP contribution in [0.1, 0.15) is 12.0 Å². The van der Waals surface area contributed by atoms with Crippen LogP contribution in [0.3, 0.4) is 0 Å². The highest BCUT2D eigenvalue weighted by Gasteiger charge is 2.33. The lowest BCUT2D eigenvalue weighted by Gasteiger charge is -2.28. The Morgan fingerprint density at radius 1 is 1.45 bits per heavy atom. The first kappa shape index (κ1) is 13.4. The number of hydrogen-bond donors (Lipinski definition) is 1. The quantitative estimate of drug-likeness (QED) is 0.903. The fraction of sp³-hybridized carbons (Fsp3) is 0.562. The van der Waals surface area contributed by atoms with Gasteiger partial charge in [-0.05, 0) is 44.0 Å². The van der Waals surface area contributed by atoms with Crippen molar-refractivity contribution >= 4 is 5.91 Å². The van der Waals surface area contributed by atoms with Crippen LogP contribution in [0.15, 0.2) is 24.3 Å². The molecule has 0 radical (unpaired) electrons. The van der Waals surface area contributed by atoms with Crippen LogP contribution in [-0.4, -0.2) is 44.1 Å². The fourth-order valence-corrected chi connectivity index (χ4v) is 3.23. The summed E-state index contributed by atoms with van der Waals surface area (Å²) in [5, 5.41) is 3.20. The van der Waals surface area contributed by atoms with Crippen LogP contribution in [0.5, 0.6) is 5.75 Å². The molecule has 0 spiro atoms. The molecule has 4 nitrogen and oxygen atoms in total. The number of benzene rings is 1. The summed E-state index contributed by atoms with van der Waals surface area (Å²) in [6, 6.07) is 8.02. The number of nitrogens with one attached hydrogen (secondary N) is 1. The van der Waals surface area contributed by atoms with Crippen molar-refractivity contribution in [1.29, 1.82) is 0 Å². The maximum Gasteiger partial charge on any atom is 0.229 e. The lowest BCUT2D eigenvalue weighted by molar-refractivity contribution is -0.135. The van der Waals surface area contributed by atoms with Gasteiger partial charge in [0.2, 0.25) is 5.91 Å². The van der Waals surface area contributed by atoms with E-state index in [1.54, 1.807) is 0 Å². The minimum absolute atomic E-state index is 0.0155. The van der Waals surface area contributed by atoms with E-state index in [-0.39, 0.29) is 11.8 Å². The fourth-order valence-electron chi connectivity index (χ4n) is 3.23. The topological polar surface area (TPSA) is 41.6 Å². The molecule has 3 rings (SSSR count). The molecule has 2 aliphatic rings. The molecule has 1 saturated heterocycles. The van der Waals surface area contributed by atoms with E-state index in [4.69, 9.17) is 4.74 Å². The third kappa shape index (κ3) is 2.66. The number of para-hydroxylation sites is 1. The normalized spacial score (nSPS) is 25.1. The van der Waals surface area contributed by atoms with Crippen LogP contribution in [0.4, 0.5) is 0 Å². The SMILES string of the molecule is CNCC1CCN(C(=O)C2COc3ccccc3C2)C1. The average molecular weight is 274 g/mol. The van der Waals surface area contributed by atoms with Gasteiger partial charge in [0.15, 0.2) is 0 Å². The highest BCUT2D eigenvalue weighted by Crippen LogP contribution is 2.28. The van der Waals surface area contributed by atoms with Crippen LogP contribution in [0.25, 0.3) is 0 Å². The Morgan fingerprint density at radius 3 is 3.15 bits per heavy atom. The van der Waals surface area contributed by atoms with Crippen LogP contribution < -0.4 is 10.1 Å². The van der Waals surface area contributed by atoms with Gasteiger partial charge in [-0.1, -0.05) is 18.2 Å². The van der Waals surface area contributed by atoms with Crippen LogP contribution >= 0.6 is 0 Å². The summed E-state index contributed by atoms with van der Waals surface area (Å²) in [6.45, 7) is 3.29. The Bertz CT molecular complexity index is 489. The maximum absolute atomic E-state index is 12.6. The van der Waals surface area contributed by atoms with E-state index in [0.717, 1.165) is 43.8 Å². The van der Waals surface area contributed by atoms with Gasteiger partial charge in [-0.2, -0.15) is 0 Å². The lowest BCUT2D eigenvalue weighted by atomic mass is 9.95. The van der Waals surface area contributed by atoms with Crippen molar-refractivity contribution in [2.45, 2.75) is 12.8 Å². The second kappa shape index (κ2) is 5.83. The Morgan fingerprint density at radius 2 is 2.30 bits per heavy atom. The van der Waals surface area contributed by atoms with E-state index >= 15 is 0 Å². The number of ether oxygens (including phenoxy) is 1. The molecule has 2 unspecified atom stereocenters. The van der Waals surface area contributed by atoms with Crippen molar-refractivity contribution in [3.05, 3.63) is 29.8 Å². The van der Waals surface area contributed by atoms with E-state index in [1.165, 1.54) is 0 Å². The molecule has 2 heterocycles. The standard InChI is InChI=1S/C16H22N2O2/c1-17-9-12-6-7-18(10-12)16(19)14-8-13-4-2-3-5-15(13)20-11-14/h2-5,12,14,17H,6-11H2,1H3. The first-order valence-electron chi connectivity index (χ1n) is 7.42. The molecule has 0 aromatic heterocycles. The number of amides is 1. The summed E-state index contributed by atoms with van der Waals surface area (Å²) in [4.78, 5) is 14.6. The second-order valence-electron chi connectivity index (χ2n) is 5.82. The Hall–Kier alpha value is -1.55. The van der Waals surface area contributed by atoms with E-state index in [9.17, 15) is 4.79 Å². The smallest absolute Gasteiger partial charge is 0.229 e. The average Bonchev–Trinajstić information content (AvgIpc) is 2.95. The highest BCUT2D eigenvalue weighted by molar-refractivity contribution is 5.80. The summed E-state index contributed by atoms with van der Waals surface area (Å²) in [5.41, 5.74) is 1.16. The maximum atomic E-state index is 12.6. The second-order valence-corrected chi connectivity index (χ2v) is 5.82. The van der Waals surface area contributed by atoms with Gasteiger partial charge in [0.25, 0.3) is 0 Å². The summed E-state index contributed by atoms with van der Waals surface area (Å²) >= 11 is 0. The highest BCUT2D eigenvalue weighted by atomic mass is 16.5. The molecule has 108 valence electrons. The zero-order valence-corrected chi connectivity index (χ0v) is 12.0. The number of nitrogens with zero attached hydrogens (tertiary/aromatic N) is 1. The summed E-state index contributed by atoms with van der Waals surface area (Å²) in [7, 11) is 1.97. The third-order valence-corrected chi connectivity index (χ3v) is 4.32. The molecule has 2 aliphatic heterocycles.